The van der Waals surface area contributed by atoms with E-state index in [0.29, 0.717) is 17.4 Å². The van der Waals surface area contributed by atoms with E-state index in [9.17, 15) is 9.59 Å². The predicted molar refractivity (Wildman–Crippen MR) is 119 cm³/mol. The van der Waals surface area contributed by atoms with Crippen molar-refractivity contribution in [2.75, 3.05) is 19.6 Å². The maximum absolute atomic E-state index is 13.0. The number of amides is 1. The molecule has 2 aromatic carbocycles. The number of hydrogen-bond acceptors (Lipinski definition) is 5. The molecule has 1 amide bonds. The first kappa shape index (κ1) is 21.9. The molecule has 0 radical (unpaired) electrons. The Balaban J connectivity index is 0.00000256. The van der Waals surface area contributed by atoms with Crippen LogP contribution in [-0.2, 0) is 17.8 Å². The third-order valence-electron chi connectivity index (χ3n) is 5.50. The standard InChI is InChI=1S/C22H25N5O2.ClH/c1-2-16-7-9-17(10-8-16)20-15-23-12-14-26(20)21(28)11-13-27-22(29)18-5-3-4-6-19(18)24-25-27;/h3-10,20,23H,2,11-15H2,1H3;1H. The van der Waals surface area contributed by atoms with Crippen molar-refractivity contribution < 1.29 is 4.79 Å². The van der Waals surface area contributed by atoms with Crippen molar-refractivity contribution in [2.45, 2.75) is 32.4 Å². The van der Waals surface area contributed by atoms with E-state index in [4.69, 9.17) is 0 Å². The van der Waals surface area contributed by atoms with Crippen LogP contribution in [0.25, 0.3) is 10.9 Å². The molecule has 7 nitrogen and oxygen atoms in total. The van der Waals surface area contributed by atoms with E-state index in [-0.39, 0.29) is 42.9 Å². The molecule has 4 rings (SSSR count). The molecule has 1 aliphatic rings. The maximum atomic E-state index is 13.0. The second-order valence-corrected chi connectivity index (χ2v) is 7.29. The molecule has 0 bridgehead atoms. The Morgan fingerprint density at radius 2 is 1.93 bits per heavy atom. The number of piperazine rings is 1. The van der Waals surface area contributed by atoms with Gasteiger partial charge in [-0.2, -0.15) is 0 Å². The maximum Gasteiger partial charge on any atom is 0.277 e. The molecule has 2 heterocycles. The zero-order valence-corrected chi connectivity index (χ0v) is 17.8. The van der Waals surface area contributed by atoms with Crippen LogP contribution in [0.2, 0.25) is 0 Å². The third-order valence-corrected chi connectivity index (χ3v) is 5.50. The van der Waals surface area contributed by atoms with Gasteiger partial charge in [0.25, 0.3) is 5.56 Å². The molecule has 1 atom stereocenters. The first-order valence-corrected chi connectivity index (χ1v) is 10.1. The Kier molecular flexibility index (Phi) is 7.18. The Labute approximate surface area is 181 Å². The number of rotatable bonds is 5. The number of fused-ring (bicyclic) bond motifs is 1. The summed E-state index contributed by atoms with van der Waals surface area (Å²) in [6.45, 7) is 4.50. The molecule has 1 aliphatic heterocycles. The second kappa shape index (κ2) is 9.82. The van der Waals surface area contributed by atoms with Crippen LogP contribution in [-0.4, -0.2) is 45.4 Å². The largest absolute Gasteiger partial charge is 0.333 e. The van der Waals surface area contributed by atoms with Gasteiger partial charge in [-0.3, -0.25) is 9.59 Å². The number of nitrogens with zero attached hydrogens (tertiary/aromatic N) is 4. The predicted octanol–water partition coefficient (Wildman–Crippen LogP) is 2.34. The van der Waals surface area contributed by atoms with Gasteiger partial charge < -0.3 is 10.2 Å². The zero-order chi connectivity index (χ0) is 20.2. The molecule has 1 N–H and O–H groups in total. The molecular formula is C22H26ClN5O2. The lowest BCUT2D eigenvalue weighted by Gasteiger charge is -2.36. The topological polar surface area (TPSA) is 80.1 Å². The highest BCUT2D eigenvalue weighted by atomic mass is 35.5. The Bertz CT molecular complexity index is 1070. The van der Waals surface area contributed by atoms with Crippen molar-refractivity contribution >= 4 is 29.2 Å². The average molecular weight is 428 g/mol. The van der Waals surface area contributed by atoms with E-state index >= 15 is 0 Å². The van der Waals surface area contributed by atoms with Gasteiger partial charge in [-0.25, -0.2) is 4.68 Å². The van der Waals surface area contributed by atoms with Gasteiger partial charge in [-0.05, 0) is 29.7 Å². The summed E-state index contributed by atoms with van der Waals surface area (Å²) < 4.78 is 1.29. The van der Waals surface area contributed by atoms with Crippen molar-refractivity contribution in [1.82, 2.24) is 25.2 Å². The van der Waals surface area contributed by atoms with E-state index in [0.717, 1.165) is 25.1 Å². The van der Waals surface area contributed by atoms with Crippen molar-refractivity contribution in [3.8, 4) is 0 Å². The van der Waals surface area contributed by atoms with Gasteiger partial charge in [0.1, 0.15) is 5.52 Å². The lowest BCUT2D eigenvalue weighted by Crippen LogP contribution is -2.49. The normalized spacial score (nSPS) is 16.3. The van der Waals surface area contributed by atoms with Crippen LogP contribution in [0.3, 0.4) is 0 Å². The van der Waals surface area contributed by atoms with Gasteiger partial charge in [-0.1, -0.05) is 48.5 Å². The molecule has 8 heteroatoms. The van der Waals surface area contributed by atoms with Crippen LogP contribution >= 0.6 is 12.4 Å². The number of carbonyl (C=O) groups excluding carboxylic acids is 1. The molecule has 1 aromatic heterocycles. The monoisotopic (exact) mass is 427 g/mol. The van der Waals surface area contributed by atoms with Crippen molar-refractivity contribution in [1.29, 1.82) is 0 Å². The SMILES string of the molecule is CCc1ccc(C2CNCCN2C(=O)CCn2nnc3ccccc3c2=O)cc1.Cl. The number of carbonyl (C=O) groups is 1. The summed E-state index contributed by atoms with van der Waals surface area (Å²) in [7, 11) is 0. The lowest BCUT2D eigenvalue weighted by molar-refractivity contribution is -0.134. The highest BCUT2D eigenvalue weighted by Gasteiger charge is 2.27. The minimum atomic E-state index is -0.213. The number of aromatic nitrogens is 3. The minimum Gasteiger partial charge on any atom is -0.333 e. The molecular weight excluding hydrogens is 402 g/mol. The van der Waals surface area contributed by atoms with E-state index in [1.54, 1.807) is 18.2 Å². The highest BCUT2D eigenvalue weighted by Crippen LogP contribution is 2.23. The summed E-state index contributed by atoms with van der Waals surface area (Å²) in [6.07, 6.45) is 1.21. The molecule has 1 saturated heterocycles. The number of halogens is 1. The summed E-state index contributed by atoms with van der Waals surface area (Å²) in [6, 6.07) is 15.6. The van der Waals surface area contributed by atoms with E-state index < -0.39 is 0 Å². The first-order chi connectivity index (χ1) is 14.2. The molecule has 1 fully saturated rings. The smallest absolute Gasteiger partial charge is 0.277 e. The van der Waals surface area contributed by atoms with Gasteiger partial charge in [0.2, 0.25) is 5.91 Å². The van der Waals surface area contributed by atoms with Gasteiger partial charge in [0.05, 0.1) is 18.0 Å². The number of benzene rings is 2. The van der Waals surface area contributed by atoms with Crippen LogP contribution in [0.4, 0.5) is 0 Å². The summed E-state index contributed by atoms with van der Waals surface area (Å²) in [5.41, 5.74) is 2.77. The van der Waals surface area contributed by atoms with Crippen molar-refractivity contribution in [3.63, 3.8) is 0 Å². The minimum absolute atomic E-state index is 0. The van der Waals surface area contributed by atoms with Crippen molar-refractivity contribution in [2.24, 2.45) is 0 Å². The molecule has 0 aliphatic carbocycles. The molecule has 30 heavy (non-hydrogen) atoms. The average Bonchev–Trinajstić information content (AvgIpc) is 2.78. The summed E-state index contributed by atoms with van der Waals surface area (Å²) >= 11 is 0. The quantitative estimate of drug-likeness (QED) is 0.676. The highest BCUT2D eigenvalue weighted by molar-refractivity contribution is 5.85. The van der Waals surface area contributed by atoms with Gasteiger partial charge in [0, 0.05) is 26.1 Å². The Morgan fingerprint density at radius 3 is 2.70 bits per heavy atom. The summed E-state index contributed by atoms with van der Waals surface area (Å²) in [4.78, 5) is 27.5. The van der Waals surface area contributed by atoms with Crippen LogP contribution in [0.15, 0.2) is 53.3 Å². The number of hydrogen-bond donors (Lipinski definition) is 1. The molecule has 1 unspecified atom stereocenters. The van der Waals surface area contributed by atoms with Crippen LogP contribution in [0.1, 0.15) is 30.5 Å². The van der Waals surface area contributed by atoms with Gasteiger partial charge in [0.15, 0.2) is 0 Å². The Morgan fingerprint density at radius 1 is 1.17 bits per heavy atom. The van der Waals surface area contributed by atoms with Crippen LogP contribution in [0.5, 0.6) is 0 Å². The first-order valence-electron chi connectivity index (χ1n) is 10.1. The fourth-order valence-corrected chi connectivity index (χ4v) is 3.79. The van der Waals surface area contributed by atoms with E-state index in [2.05, 4.69) is 46.8 Å². The number of aryl methyl sites for hydroxylation is 2. The van der Waals surface area contributed by atoms with E-state index in [1.807, 2.05) is 11.0 Å². The lowest BCUT2D eigenvalue weighted by atomic mass is 10.0. The van der Waals surface area contributed by atoms with E-state index in [1.165, 1.54) is 10.2 Å². The zero-order valence-electron chi connectivity index (χ0n) is 17.0. The van der Waals surface area contributed by atoms with Gasteiger partial charge in [-0.15, -0.1) is 17.5 Å². The number of nitrogens with one attached hydrogen (secondary N) is 1. The molecule has 158 valence electrons. The second-order valence-electron chi connectivity index (χ2n) is 7.29. The summed E-state index contributed by atoms with van der Waals surface area (Å²) in [5.74, 6) is 0.0259. The fourth-order valence-electron chi connectivity index (χ4n) is 3.79. The molecule has 3 aromatic rings. The Hall–Kier alpha value is -2.77. The van der Waals surface area contributed by atoms with Crippen LogP contribution < -0.4 is 10.9 Å². The van der Waals surface area contributed by atoms with Crippen molar-refractivity contribution in [3.05, 3.63) is 70.0 Å². The third kappa shape index (κ3) is 4.52. The fraction of sp³-hybridized carbons (Fsp3) is 0.364. The van der Waals surface area contributed by atoms with Crippen LogP contribution in [0, 0.1) is 0 Å². The van der Waals surface area contributed by atoms with Gasteiger partial charge >= 0.3 is 0 Å². The molecule has 0 saturated carbocycles. The molecule has 0 spiro atoms. The summed E-state index contributed by atoms with van der Waals surface area (Å²) in [5, 5.41) is 12.0.